The van der Waals surface area contributed by atoms with Crippen LogP contribution in [0.15, 0.2) is 87.6 Å². The van der Waals surface area contributed by atoms with E-state index in [1.807, 2.05) is 6.07 Å². The Kier molecular flexibility index (Phi) is 5.98. The van der Waals surface area contributed by atoms with Crippen molar-refractivity contribution in [1.29, 1.82) is 5.26 Å². The summed E-state index contributed by atoms with van der Waals surface area (Å²) in [5, 5.41) is 9.92. The van der Waals surface area contributed by atoms with Gasteiger partial charge in [-0.25, -0.2) is 12.8 Å². The molecule has 0 unspecified atom stereocenters. The van der Waals surface area contributed by atoms with Crippen LogP contribution in [-0.4, -0.2) is 15.5 Å². The summed E-state index contributed by atoms with van der Waals surface area (Å²) in [6.45, 7) is -0.0257. The Morgan fingerprint density at radius 1 is 1.17 bits per heavy atom. The maximum Gasteiger partial charge on any atom is 0.265 e. The number of nitrogens with two attached hydrogens (primary N) is 1. The summed E-state index contributed by atoms with van der Waals surface area (Å²) >= 11 is 3.32. The zero-order chi connectivity index (χ0) is 25.6. The Morgan fingerprint density at radius 3 is 2.69 bits per heavy atom. The Morgan fingerprint density at radius 2 is 1.94 bits per heavy atom. The second kappa shape index (κ2) is 9.00. The van der Waals surface area contributed by atoms with Crippen LogP contribution in [0, 0.1) is 17.1 Å². The van der Waals surface area contributed by atoms with Gasteiger partial charge in [0.25, 0.3) is 10.0 Å². The molecule has 3 aromatic rings. The van der Waals surface area contributed by atoms with Crippen molar-refractivity contribution in [1.82, 2.24) is 0 Å². The molecular formula is C26H19BrFN3O4S. The Bertz CT molecular complexity index is 1610. The summed E-state index contributed by atoms with van der Waals surface area (Å²) in [6.07, 6.45) is 0. The molecule has 0 saturated heterocycles. The predicted octanol–water partition coefficient (Wildman–Crippen LogP) is 5.12. The summed E-state index contributed by atoms with van der Waals surface area (Å²) in [5.74, 6) is -1.69. The Balaban J connectivity index is 1.77. The molecule has 5 rings (SSSR count). The summed E-state index contributed by atoms with van der Waals surface area (Å²) in [5.41, 5.74) is 7.41. The fraction of sp³-hybridized carbons (Fsp3) is 0.115. The highest BCUT2D eigenvalue weighted by Crippen LogP contribution is 2.51. The number of nitrogens with zero attached hydrogens (tertiary/aromatic N) is 2. The van der Waals surface area contributed by atoms with Crippen molar-refractivity contribution in [2.24, 2.45) is 5.73 Å². The third-order valence-corrected chi connectivity index (χ3v) is 8.46. The van der Waals surface area contributed by atoms with Crippen LogP contribution < -0.4 is 14.8 Å². The summed E-state index contributed by atoms with van der Waals surface area (Å²) < 4.78 is 56.5. The number of nitriles is 1. The van der Waals surface area contributed by atoms with Crippen molar-refractivity contribution < 1.29 is 22.3 Å². The van der Waals surface area contributed by atoms with Gasteiger partial charge in [-0.15, -0.1) is 0 Å². The SMILES string of the molecule is COc1cccc(CN2c3ccccc3C3=C([C@H](c4cc(Br)ccc4F)C(C#N)=C(N)O3)S2(=O)=O)c1. The number of ether oxygens (including phenoxy) is 2. The van der Waals surface area contributed by atoms with E-state index < -0.39 is 21.8 Å². The molecule has 0 aliphatic carbocycles. The van der Waals surface area contributed by atoms with Gasteiger partial charge in [0.2, 0.25) is 5.88 Å². The van der Waals surface area contributed by atoms with Crippen molar-refractivity contribution in [2.45, 2.75) is 12.5 Å². The Labute approximate surface area is 216 Å². The third kappa shape index (κ3) is 3.81. The molecule has 0 spiro atoms. The first-order valence-corrected chi connectivity index (χ1v) is 13.0. The predicted molar refractivity (Wildman–Crippen MR) is 136 cm³/mol. The fourth-order valence-electron chi connectivity index (χ4n) is 4.46. The molecule has 7 nitrogen and oxygen atoms in total. The molecular weight excluding hydrogens is 549 g/mol. The number of hydrogen-bond donors (Lipinski definition) is 1. The van der Waals surface area contributed by atoms with Crippen LogP contribution in [0.4, 0.5) is 10.1 Å². The topological polar surface area (TPSA) is 106 Å². The highest BCUT2D eigenvalue weighted by Gasteiger charge is 2.47. The first kappa shape index (κ1) is 23.9. The molecule has 182 valence electrons. The summed E-state index contributed by atoms with van der Waals surface area (Å²) in [7, 11) is -2.80. The first-order chi connectivity index (χ1) is 17.3. The van der Waals surface area contributed by atoms with Gasteiger partial charge >= 0.3 is 0 Å². The highest BCUT2D eigenvalue weighted by molar-refractivity contribution is 9.10. The minimum Gasteiger partial charge on any atom is -0.497 e. The van der Waals surface area contributed by atoms with Crippen LogP contribution in [0.25, 0.3) is 5.76 Å². The van der Waals surface area contributed by atoms with Gasteiger partial charge in [-0.1, -0.05) is 40.2 Å². The van der Waals surface area contributed by atoms with E-state index in [0.717, 1.165) is 0 Å². The van der Waals surface area contributed by atoms with Gasteiger partial charge in [0.05, 0.1) is 25.3 Å². The number of para-hydroxylation sites is 1. The lowest BCUT2D eigenvalue weighted by Gasteiger charge is -2.38. The van der Waals surface area contributed by atoms with Crippen LogP contribution in [-0.2, 0) is 21.3 Å². The molecule has 2 N–H and O–H groups in total. The van der Waals surface area contributed by atoms with E-state index in [9.17, 15) is 13.7 Å². The maximum absolute atomic E-state index is 15.1. The maximum atomic E-state index is 15.1. The molecule has 0 bridgehead atoms. The van der Waals surface area contributed by atoms with E-state index >= 15 is 4.39 Å². The van der Waals surface area contributed by atoms with Crippen LogP contribution in [0.1, 0.15) is 22.6 Å². The van der Waals surface area contributed by atoms with E-state index in [0.29, 0.717) is 27.0 Å². The van der Waals surface area contributed by atoms with Gasteiger partial charge in [-0.05, 0) is 48.0 Å². The fourth-order valence-corrected chi connectivity index (χ4v) is 6.75. The average Bonchev–Trinajstić information content (AvgIpc) is 2.87. The van der Waals surface area contributed by atoms with Crippen LogP contribution >= 0.6 is 15.9 Å². The van der Waals surface area contributed by atoms with Crippen molar-refractivity contribution in [3.63, 3.8) is 0 Å². The van der Waals surface area contributed by atoms with E-state index in [4.69, 9.17) is 15.2 Å². The van der Waals surface area contributed by atoms with E-state index in [2.05, 4.69) is 15.9 Å². The second-order valence-electron chi connectivity index (χ2n) is 8.16. The number of sulfonamides is 1. The van der Waals surface area contributed by atoms with Gasteiger partial charge in [0.1, 0.15) is 28.1 Å². The lowest BCUT2D eigenvalue weighted by Crippen LogP contribution is -2.39. The van der Waals surface area contributed by atoms with Gasteiger partial charge in [-0.3, -0.25) is 4.31 Å². The van der Waals surface area contributed by atoms with E-state index in [-0.39, 0.29) is 34.2 Å². The monoisotopic (exact) mass is 567 g/mol. The summed E-state index contributed by atoms with van der Waals surface area (Å²) in [4.78, 5) is -0.244. The number of allylic oxidation sites excluding steroid dienone is 2. The first-order valence-electron chi connectivity index (χ1n) is 10.8. The number of anilines is 1. The zero-order valence-electron chi connectivity index (χ0n) is 18.9. The average molecular weight is 568 g/mol. The standard InChI is InChI=1S/C26H19BrFN3O4S/c1-34-17-6-4-5-15(11-17)14-31-22-8-3-2-7-18(22)24-25(36(31,32)33)23(20(13-29)26(30)35-24)19-12-16(27)9-10-21(19)28/h2-12,23H,14,30H2,1H3/t23-/m1/s1. The van der Waals surface area contributed by atoms with Crippen molar-refractivity contribution in [2.75, 3.05) is 11.4 Å². The molecule has 0 radical (unpaired) electrons. The van der Waals surface area contributed by atoms with Gasteiger partial charge in [0.15, 0.2) is 5.76 Å². The number of benzene rings is 3. The minimum absolute atomic E-state index is 0.0102. The molecule has 0 aromatic heterocycles. The van der Waals surface area contributed by atoms with Crippen molar-refractivity contribution in [3.05, 3.63) is 110 Å². The van der Waals surface area contributed by atoms with Gasteiger partial charge < -0.3 is 15.2 Å². The molecule has 0 fully saturated rings. The third-order valence-electron chi connectivity index (χ3n) is 6.09. The molecule has 2 aliphatic heterocycles. The van der Waals surface area contributed by atoms with E-state index in [1.165, 1.54) is 29.6 Å². The number of methoxy groups -OCH3 is 1. The lowest BCUT2D eigenvalue weighted by molar-refractivity contribution is 0.357. The van der Waals surface area contributed by atoms with Crippen LogP contribution in [0.5, 0.6) is 5.75 Å². The molecule has 0 saturated carbocycles. The van der Waals surface area contributed by atoms with Gasteiger partial charge in [-0.2, -0.15) is 5.26 Å². The lowest BCUT2D eigenvalue weighted by atomic mass is 9.88. The van der Waals surface area contributed by atoms with Crippen molar-refractivity contribution in [3.8, 4) is 11.8 Å². The molecule has 36 heavy (non-hydrogen) atoms. The Hall–Kier alpha value is -3.81. The molecule has 1 atom stereocenters. The number of hydrogen-bond acceptors (Lipinski definition) is 6. The molecule has 2 aliphatic rings. The van der Waals surface area contributed by atoms with Gasteiger partial charge in [0, 0.05) is 15.6 Å². The number of rotatable bonds is 4. The highest BCUT2D eigenvalue weighted by atomic mass is 79.9. The van der Waals surface area contributed by atoms with Crippen molar-refractivity contribution >= 4 is 37.4 Å². The molecule has 10 heteroatoms. The molecule has 3 aromatic carbocycles. The molecule has 0 amide bonds. The largest absolute Gasteiger partial charge is 0.497 e. The number of fused-ring (bicyclic) bond motifs is 2. The smallest absolute Gasteiger partial charge is 0.265 e. The minimum atomic E-state index is -4.32. The van der Waals surface area contributed by atoms with Crippen LogP contribution in [0.3, 0.4) is 0 Å². The summed E-state index contributed by atoms with van der Waals surface area (Å²) in [6, 6.07) is 20.0. The van der Waals surface area contributed by atoms with Crippen LogP contribution in [0.2, 0.25) is 0 Å². The normalized spacial score (nSPS) is 18.2. The quantitative estimate of drug-likeness (QED) is 0.468. The number of halogens is 2. The second-order valence-corrected chi connectivity index (χ2v) is 10.9. The zero-order valence-corrected chi connectivity index (χ0v) is 21.3. The van der Waals surface area contributed by atoms with E-state index in [1.54, 1.807) is 48.5 Å². The molecule has 2 heterocycles.